The predicted molar refractivity (Wildman–Crippen MR) is 77.4 cm³/mol. The molecule has 8 heteroatoms. The first-order valence-corrected chi connectivity index (χ1v) is 7.77. The van der Waals surface area contributed by atoms with Crippen LogP contribution in [0.2, 0.25) is 0 Å². The molecule has 0 bridgehead atoms. The SMILES string of the molecule is CCCN(C)S(=O)(=O)c1cc(NCC)ccc1[N+](=O)[O-]. The van der Waals surface area contributed by atoms with Crippen molar-refractivity contribution in [2.45, 2.75) is 25.2 Å². The van der Waals surface area contributed by atoms with Crippen LogP contribution < -0.4 is 5.32 Å². The first-order chi connectivity index (χ1) is 9.34. The first kappa shape index (κ1) is 16.4. The maximum Gasteiger partial charge on any atom is 0.289 e. The van der Waals surface area contributed by atoms with Gasteiger partial charge in [0.15, 0.2) is 4.90 Å². The number of hydrogen-bond donors (Lipinski definition) is 1. The number of nitro groups is 1. The van der Waals surface area contributed by atoms with Gasteiger partial charge in [0, 0.05) is 31.9 Å². The Morgan fingerprint density at radius 3 is 2.50 bits per heavy atom. The van der Waals surface area contributed by atoms with E-state index in [2.05, 4.69) is 5.32 Å². The molecule has 1 aromatic rings. The van der Waals surface area contributed by atoms with Crippen LogP contribution in [-0.2, 0) is 10.0 Å². The minimum Gasteiger partial charge on any atom is -0.385 e. The number of nitrogens with one attached hydrogen (secondary N) is 1. The van der Waals surface area contributed by atoms with Crippen LogP contribution in [0.3, 0.4) is 0 Å². The highest BCUT2D eigenvalue weighted by Crippen LogP contribution is 2.29. The second kappa shape index (κ2) is 6.67. The zero-order chi connectivity index (χ0) is 15.3. The fourth-order valence-corrected chi connectivity index (χ4v) is 3.23. The number of hydrogen-bond acceptors (Lipinski definition) is 5. The molecule has 7 nitrogen and oxygen atoms in total. The van der Waals surface area contributed by atoms with Crippen molar-refractivity contribution in [1.29, 1.82) is 0 Å². The van der Waals surface area contributed by atoms with Crippen molar-refractivity contribution in [2.24, 2.45) is 0 Å². The number of sulfonamides is 1. The molecular weight excluding hydrogens is 282 g/mol. The Morgan fingerprint density at radius 2 is 2.00 bits per heavy atom. The van der Waals surface area contributed by atoms with Gasteiger partial charge in [-0.2, -0.15) is 0 Å². The molecule has 0 spiro atoms. The van der Waals surface area contributed by atoms with Crippen LogP contribution in [0.1, 0.15) is 20.3 Å². The minimum atomic E-state index is -3.87. The van der Waals surface area contributed by atoms with Crippen LogP contribution in [0.15, 0.2) is 23.1 Å². The molecule has 0 atom stereocenters. The molecule has 0 saturated carbocycles. The van der Waals surface area contributed by atoms with Gasteiger partial charge in [0.25, 0.3) is 5.69 Å². The Hall–Kier alpha value is -1.67. The molecule has 0 radical (unpaired) electrons. The fraction of sp³-hybridized carbons (Fsp3) is 0.500. The Balaban J connectivity index is 3.38. The van der Waals surface area contributed by atoms with Gasteiger partial charge in [0.1, 0.15) is 0 Å². The molecule has 0 amide bonds. The summed E-state index contributed by atoms with van der Waals surface area (Å²) in [7, 11) is -2.45. The van der Waals surface area contributed by atoms with Gasteiger partial charge in [-0.15, -0.1) is 0 Å². The molecule has 0 fully saturated rings. The third kappa shape index (κ3) is 3.45. The molecule has 0 aromatic heterocycles. The van der Waals surface area contributed by atoms with E-state index in [4.69, 9.17) is 0 Å². The van der Waals surface area contributed by atoms with Crippen molar-refractivity contribution in [1.82, 2.24) is 4.31 Å². The Morgan fingerprint density at radius 1 is 1.35 bits per heavy atom. The summed E-state index contributed by atoms with van der Waals surface area (Å²) in [6.45, 7) is 4.61. The summed E-state index contributed by atoms with van der Waals surface area (Å²) in [6.07, 6.45) is 0.635. The van der Waals surface area contributed by atoms with E-state index in [0.29, 0.717) is 25.2 Å². The number of anilines is 1. The maximum absolute atomic E-state index is 12.4. The summed E-state index contributed by atoms with van der Waals surface area (Å²) in [6, 6.07) is 4.02. The van der Waals surface area contributed by atoms with E-state index in [-0.39, 0.29) is 4.90 Å². The predicted octanol–water partition coefficient (Wildman–Crippen LogP) is 2.06. The molecule has 112 valence electrons. The lowest BCUT2D eigenvalue weighted by Gasteiger charge is -2.17. The number of rotatable bonds is 7. The average molecular weight is 301 g/mol. The van der Waals surface area contributed by atoms with Crippen LogP contribution in [0.5, 0.6) is 0 Å². The van der Waals surface area contributed by atoms with E-state index in [1.165, 1.54) is 25.2 Å². The van der Waals surface area contributed by atoms with Crippen LogP contribution in [0.4, 0.5) is 11.4 Å². The van der Waals surface area contributed by atoms with Gasteiger partial charge in [-0.05, 0) is 25.5 Å². The lowest BCUT2D eigenvalue weighted by atomic mass is 10.3. The Kier molecular flexibility index (Phi) is 5.46. The minimum absolute atomic E-state index is 0.281. The first-order valence-electron chi connectivity index (χ1n) is 6.33. The summed E-state index contributed by atoms with van der Waals surface area (Å²) in [4.78, 5) is 10.1. The molecule has 0 unspecified atom stereocenters. The summed E-state index contributed by atoms with van der Waals surface area (Å²) in [5, 5.41) is 14.0. The van der Waals surface area contributed by atoms with Crippen molar-refractivity contribution in [3.63, 3.8) is 0 Å². The van der Waals surface area contributed by atoms with Crippen LogP contribution in [0, 0.1) is 10.1 Å². The highest BCUT2D eigenvalue weighted by Gasteiger charge is 2.29. The van der Waals surface area contributed by atoms with Gasteiger partial charge in [-0.25, -0.2) is 12.7 Å². The zero-order valence-corrected chi connectivity index (χ0v) is 12.6. The third-order valence-corrected chi connectivity index (χ3v) is 4.65. The van der Waals surface area contributed by atoms with E-state index in [1.54, 1.807) is 0 Å². The quantitative estimate of drug-likeness (QED) is 0.614. The molecule has 0 aliphatic carbocycles. The Bertz CT molecular complexity index is 586. The molecular formula is C12H19N3O4S. The number of nitro benzene ring substituents is 1. The maximum atomic E-state index is 12.4. The van der Waals surface area contributed by atoms with Gasteiger partial charge in [0.05, 0.1) is 4.92 Å². The largest absolute Gasteiger partial charge is 0.385 e. The van der Waals surface area contributed by atoms with E-state index in [0.717, 1.165) is 4.31 Å². The zero-order valence-electron chi connectivity index (χ0n) is 11.8. The molecule has 1 aromatic carbocycles. The fourth-order valence-electron chi connectivity index (χ4n) is 1.79. The highest BCUT2D eigenvalue weighted by molar-refractivity contribution is 7.89. The van der Waals surface area contributed by atoms with Gasteiger partial charge in [-0.1, -0.05) is 6.92 Å². The van der Waals surface area contributed by atoms with E-state index >= 15 is 0 Å². The standard InChI is InChI=1S/C12H19N3O4S/c1-4-8-14(3)20(18,19)12-9-10(13-5-2)6-7-11(12)15(16)17/h6-7,9,13H,4-5,8H2,1-3H3. The smallest absolute Gasteiger partial charge is 0.289 e. The van der Waals surface area contributed by atoms with E-state index < -0.39 is 20.6 Å². The molecule has 1 rings (SSSR count). The molecule has 20 heavy (non-hydrogen) atoms. The lowest BCUT2D eigenvalue weighted by molar-refractivity contribution is -0.387. The second-order valence-corrected chi connectivity index (χ2v) is 6.31. The molecule has 0 heterocycles. The van der Waals surface area contributed by atoms with E-state index in [9.17, 15) is 18.5 Å². The third-order valence-electron chi connectivity index (χ3n) is 2.76. The van der Waals surface area contributed by atoms with Crippen molar-refractivity contribution in [3.05, 3.63) is 28.3 Å². The lowest BCUT2D eigenvalue weighted by Crippen LogP contribution is -2.28. The molecule has 0 saturated heterocycles. The molecule has 1 N–H and O–H groups in total. The monoisotopic (exact) mass is 301 g/mol. The second-order valence-electron chi connectivity index (χ2n) is 4.30. The summed E-state index contributed by atoms with van der Waals surface area (Å²) < 4.78 is 25.9. The van der Waals surface area contributed by atoms with Crippen LogP contribution in [0.25, 0.3) is 0 Å². The summed E-state index contributed by atoms with van der Waals surface area (Å²) in [5.74, 6) is 0. The Labute approximate surface area is 118 Å². The van der Waals surface area contributed by atoms with Crippen molar-refractivity contribution in [2.75, 3.05) is 25.5 Å². The van der Waals surface area contributed by atoms with Gasteiger partial charge < -0.3 is 5.32 Å². The highest BCUT2D eigenvalue weighted by atomic mass is 32.2. The van der Waals surface area contributed by atoms with Crippen LogP contribution >= 0.6 is 0 Å². The van der Waals surface area contributed by atoms with Crippen molar-refractivity contribution < 1.29 is 13.3 Å². The van der Waals surface area contributed by atoms with Gasteiger partial charge in [-0.3, -0.25) is 10.1 Å². The average Bonchev–Trinajstić information content (AvgIpc) is 2.39. The van der Waals surface area contributed by atoms with Crippen molar-refractivity contribution in [3.8, 4) is 0 Å². The summed E-state index contributed by atoms with van der Waals surface area (Å²) in [5.41, 5.74) is 0.135. The summed E-state index contributed by atoms with van der Waals surface area (Å²) >= 11 is 0. The van der Waals surface area contributed by atoms with Gasteiger partial charge in [0.2, 0.25) is 10.0 Å². The molecule has 0 aliphatic rings. The van der Waals surface area contributed by atoms with Gasteiger partial charge >= 0.3 is 0 Å². The van der Waals surface area contributed by atoms with Crippen LogP contribution in [-0.4, -0.2) is 37.8 Å². The topological polar surface area (TPSA) is 92.6 Å². The number of benzene rings is 1. The van der Waals surface area contributed by atoms with E-state index in [1.807, 2.05) is 13.8 Å². The number of nitrogens with zero attached hydrogens (tertiary/aromatic N) is 2. The normalized spacial score (nSPS) is 11.6. The molecule has 0 aliphatic heterocycles. The van der Waals surface area contributed by atoms with Crippen molar-refractivity contribution >= 4 is 21.4 Å².